The van der Waals surface area contributed by atoms with Crippen LogP contribution in [0.4, 0.5) is 0 Å². The van der Waals surface area contributed by atoms with Crippen molar-refractivity contribution in [3.8, 4) is 5.75 Å². The number of aliphatic carboxylic acids is 1. The second kappa shape index (κ2) is 5.09. The lowest BCUT2D eigenvalue weighted by Crippen LogP contribution is -2.27. The standard InChI is InChI=1S/C13H14ClNO4/c1-15-10(16)6-7(13(17)18)12(15)11-8(14)4-3-5-9(11)19-2/h3-5,7,12H,6H2,1-2H3,(H,17,18). The molecule has 1 aromatic rings. The number of nitrogens with zero attached hydrogens (tertiary/aromatic N) is 1. The molecule has 2 atom stereocenters. The van der Waals surface area contributed by atoms with Crippen molar-refractivity contribution in [1.82, 2.24) is 4.90 Å². The van der Waals surface area contributed by atoms with Crippen LogP contribution in [0, 0.1) is 5.92 Å². The van der Waals surface area contributed by atoms with Gasteiger partial charge < -0.3 is 14.7 Å². The number of carboxylic acid groups (broad SMARTS) is 1. The number of carbonyl (C=O) groups excluding carboxylic acids is 1. The zero-order valence-electron chi connectivity index (χ0n) is 10.6. The summed E-state index contributed by atoms with van der Waals surface area (Å²) in [6.45, 7) is 0. The smallest absolute Gasteiger partial charge is 0.309 e. The van der Waals surface area contributed by atoms with Gasteiger partial charge in [0, 0.05) is 24.1 Å². The summed E-state index contributed by atoms with van der Waals surface area (Å²) in [6, 6.07) is 4.48. The van der Waals surface area contributed by atoms with E-state index < -0.39 is 17.9 Å². The Morgan fingerprint density at radius 2 is 2.21 bits per heavy atom. The van der Waals surface area contributed by atoms with Crippen molar-refractivity contribution in [1.29, 1.82) is 0 Å². The second-order valence-corrected chi connectivity index (χ2v) is 4.86. The van der Waals surface area contributed by atoms with Gasteiger partial charge in [0.25, 0.3) is 0 Å². The molecular weight excluding hydrogens is 270 g/mol. The van der Waals surface area contributed by atoms with E-state index in [0.717, 1.165) is 0 Å². The van der Waals surface area contributed by atoms with Gasteiger partial charge in [-0.3, -0.25) is 9.59 Å². The molecule has 1 heterocycles. The lowest BCUT2D eigenvalue weighted by Gasteiger charge is -2.25. The van der Waals surface area contributed by atoms with Gasteiger partial charge in [-0.05, 0) is 12.1 Å². The van der Waals surface area contributed by atoms with Crippen LogP contribution in [0.5, 0.6) is 5.75 Å². The number of halogens is 1. The minimum atomic E-state index is -1.01. The summed E-state index contributed by atoms with van der Waals surface area (Å²) in [7, 11) is 3.07. The van der Waals surface area contributed by atoms with E-state index in [1.54, 1.807) is 25.2 Å². The maximum absolute atomic E-state index is 11.8. The SMILES string of the molecule is COc1cccc(Cl)c1C1C(C(=O)O)CC(=O)N1C. The molecule has 1 amide bonds. The van der Waals surface area contributed by atoms with Crippen molar-refractivity contribution in [3.63, 3.8) is 0 Å². The van der Waals surface area contributed by atoms with E-state index in [4.69, 9.17) is 16.3 Å². The normalized spacial score (nSPS) is 22.7. The largest absolute Gasteiger partial charge is 0.496 e. The highest BCUT2D eigenvalue weighted by molar-refractivity contribution is 6.31. The fraction of sp³-hybridized carbons (Fsp3) is 0.385. The van der Waals surface area contributed by atoms with Gasteiger partial charge in [0.2, 0.25) is 5.91 Å². The highest BCUT2D eigenvalue weighted by Crippen LogP contribution is 2.44. The molecule has 1 saturated heterocycles. The Bertz CT molecular complexity index is 531. The van der Waals surface area contributed by atoms with Gasteiger partial charge in [-0.25, -0.2) is 0 Å². The molecule has 1 aliphatic heterocycles. The van der Waals surface area contributed by atoms with E-state index in [1.165, 1.54) is 12.0 Å². The first-order valence-corrected chi connectivity index (χ1v) is 6.16. The number of rotatable bonds is 3. The third-order valence-corrected chi connectivity index (χ3v) is 3.76. The number of ether oxygens (including phenoxy) is 1. The van der Waals surface area contributed by atoms with Crippen molar-refractivity contribution < 1.29 is 19.4 Å². The van der Waals surface area contributed by atoms with Crippen molar-refractivity contribution in [2.75, 3.05) is 14.2 Å². The van der Waals surface area contributed by atoms with Gasteiger partial charge >= 0.3 is 5.97 Å². The maximum atomic E-state index is 11.8. The average molecular weight is 284 g/mol. The summed E-state index contributed by atoms with van der Waals surface area (Å²) in [6.07, 6.45) is -0.0229. The molecule has 1 aliphatic rings. The quantitative estimate of drug-likeness (QED) is 0.921. The summed E-state index contributed by atoms with van der Waals surface area (Å²) in [4.78, 5) is 24.5. The van der Waals surface area contributed by atoms with E-state index in [9.17, 15) is 14.7 Å². The summed E-state index contributed by atoms with van der Waals surface area (Å²) in [5.74, 6) is -1.54. The van der Waals surface area contributed by atoms with E-state index in [1.807, 2.05) is 0 Å². The summed E-state index contributed by atoms with van der Waals surface area (Å²) >= 11 is 6.16. The Hall–Kier alpha value is -1.75. The molecule has 2 unspecified atom stereocenters. The molecule has 0 radical (unpaired) electrons. The van der Waals surface area contributed by atoms with Crippen molar-refractivity contribution in [3.05, 3.63) is 28.8 Å². The molecule has 0 aliphatic carbocycles. The van der Waals surface area contributed by atoms with E-state index in [2.05, 4.69) is 0 Å². The third kappa shape index (κ3) is 2.26. The number of hydrogen-bond acceptors (Lipinski definition) is 3. The second-order valence-electron chi connectivity index (χ2n) is 4.45. The molecule has 6 heteroatoms. The van der Waals surface area contributed by atoms with Crippen LogP contribution < -0.4 is 4.74 Å². The molecule has 0 spiro atoms. The molecule has 5 nitrogen and oxygen atoms in total. The van der Waals surface area contributed by atoms with Gasteiger partial charge in [0.05, 0.1) is 19.1 Å². The van der Waals surface area contributed by atoms with Crippen molar-refractivity contribution in [2.24, 2.45) is 5.92 Å². The zero-order valence-corrected chi connectivity index (χ0v) is 11.3. The minimum absolute atomic E-state index is 0.0229. The molecule has 1 aromatic carbocycles. The van der Waals surface area contributed by atoms with E-state index >= 15 is 0 Å². The summed E-state index contributed by atoms with van der Waals surface area (Å²) in [5, 5.41) is 9.67. The molecule has 102 valence electrons. The zero-order chi connectivity index (χ0) is 14.2. The fourth-order valence-corrected chi connectivity index (χ4v) is 2.75. The molecule has 0 saturated carbocycles. The van der Waals surface area contributed by atoms with Crippen LogP contribution in [0.2, 0.25) is 5.02 Å². The topological polar surface area (TPSA) is 66.8 Å². The highest BCUT2D eigenvalue weighted by Gasteiger charge is 2.44. The first-order chi connectivity index (χ1) is 8.97. The molecule has 1 fully saturated rings. The number of hydrogen-bond donors (Lipinski definition) is 1. The Morgan fingerprint density at radius 3 is 2.79 bits per heavy atom. The third-order valence-electron chi connectivity index (χ3n) is 3.43. The maximum Gasteiger partial charge on any atom is 0.309 e. The first-order valence-electron chi connectivity index (χ1n) is 5.78. The lowest BCUT2D eigenvalue weighted by atomic mass is 9.93. The fourth-order valence-electron chi connectivity index (χ4n) is 2.47. The molecule has 19 heavy (non-hydrogen) atoms. The number of methoxy groups -OCH3 is 1. The van der Waals surface area contributed by atoms with Gasteiger partial charge in [-0.1, -0.05) is 17.7 Å². The lowest BCUT2D eigenvalue weighted by molar-refractivity contribution is -0.142. The van der Waals surface area contributed by atoms with Crippen LogP contribution in [0.3, 0.4) is 0 Å². The monoisotopic (exact) mass is 283 g/mol. The van der Waals surface area contributed by atoms with Gasteiger partial charge in [0.1, 0.15) is 5.75 Å². The Kier molecular flexibility index (Phi) is 3.66. The number of benzene rings is 1. The molecule has 2 rings (SSSR count). The number of carbonyl (C=O) groups is 2. The predicted octanol–water partition coefficient (Wildman–Crippen LogP) is 1.95. The van der Waals surface area contributed by atoms with Crippen LogP contribution in [-0.2, 0) is 9.59 Å². The van der Waals surface area contributed by atoms with Gasteiger partial charge in [-0.15, -0.1) is 0 Å². The van der Waals surface area contributed by atoms with Gasteiger partial charge in [-0.2, -0.15) is 0 Å². The van der Waals surface area contributed by atoms with Crippen LogP contribution in [0.25, 0.3) is 0 Å². The van der Waals surface area contributed by atoms with Crippen LogP contribution in [0.15, 0.2) is 18.2 Å². The molecular formula is C13H14ClNO4. The molecule has 0 bridgehead atoms. The summed E-state index contributed by atoms with van der Waals surface area (Å²) < 4.78 is 5.23. The van der Waals surface area contributed by atoms with E-state index in [0.29, 0.717) is 16.3 Å². The number of amides is 1. The van der Waals surface area contributed by atoms with Crippen molar-refractivity contribution in [2.45, 2.75) is 12.5 Å². The summed E-state index contributed by atoms with van der Waals surface area (Å²) in [5.41, 5.74) is 0.549. The molecule has 0 aromatic heterocycles. The minimum Gasteiger partial charge on any atom is -0.496 e. The highest BCUT2D eigenvalue weighted by atomic mass is 35.5. The van der Waals surface area contributed by atoms with E-state index in [-0.39, 0.29) is 12.3 Å². The van der Waals surface area contributed by atoms with Crippen molar-refractivity contribution >= 4 is 23.5 Å². The Morgan fingerprint density at radius 1 is 1.53 bits per heavy atom. The Labute approximate surface area is 115 Å². The van der Waals surface area contributed by atoms with Gasteiger partial charge in [0.15, 0.2) is 0 Å². The average Bonchev–Trinajstić information content (AvgIpc) is 2.66. The van der Waals surface area contributed by atoms with Crippen LogP contribution in [0.1, 0.15) is 18.0 Å². The number of carboxylic acids is 1. The first kappa shape index (κ1) is 13.7. The van der Waals surface area contributed by atoms with Crippen LogP contribution in [-0.4, -0.2) is 36.0 Å². The van der Waals surface area contributed by atoms with Crippen LogP contribution >= 0.6 is 11.6 Å². The number of likely N-dealkylation sites (tertiary alicyclic amines) is 1. The Balaban J connectivity index is 2.55. The molecule has 1 N–H and O–H groups in total. The predicted molar refractivity (Wildman–Crippen MR) is 69.3 cm³/mol.